The Bertz CT molecular complexity index is 289. The van der Waals surface area contributed by atoms with Crippen molar-refractivity contribution in [2.45, 2.75) is 20.0 Å². The summed E-state index contributed by atoms with van der Waals surface area (Å²) < 4.78 is 30.8. The van der Waals surface area contributed by atoms with Gasteiger partial charge in [0, 0.05) is 12.1 Å². The van der Waals surface area contributed by atoms with Crippen LogP contribution in [0, 0.1) is 11.6 Å². The Balaban J connectivity index is 2.99. The lowest BCUT2D eigenvalue weighted by atomic mass is 10.3. The molecular weight excluding hydrogens is 198 g/mol. The van der Waals surface area contributed by atoms with Crippen LogP contribution in [0.15, 0.2) is 12.1 Å². The third kappa shape index (κ3) is 2.56. The Morgan fingerprint density at radius 3 is 2.08 bits per heavy atom. The first-order valence-electron chi connectivity index (χ1n) is 3.82. The first-order valence-corrected chi connectivity index (χ1v) is 4.19. The molecule has 0 fully saturated rings. The average Bonchev–Trinajstić information content (AvgIpc) is 1.98. The first-order chi connectivity index (χ1) is 6.00. The zero-order valence-electron chi connectivity index (χ0n) is 7.27. The van der Waals surface area contributed by atoms with E-state index in [1.54, 1.807) is 13.8 Å². The van der Waals surface area contributed by atoms with E-state index in [1.807, 2.05) is 0 Å². The molecule has 0 radical (unpaired) electrons. The van der Waals surface area contributed by atoms with Gasteiger partial charge < -0.3 is 4.74 Å². The molecule has 4 heteroatoms. The predicted octanol–water partition coefficient (Wildman–Crippen LogP) is 3.41. The fourth-order valence-electron chi connectivity index (χ4n) is 0.872. The largest absolute Gasteiger partial charge is 0.491 e. The van der Waals surface area contributed by atoms with Crippen molar-refractivity contribution in [2.24, 2.45) is 0 Å². The molecule has 1 nitrogen and oxygen atoms in total. The van der Waals surface area contributed by atoms with Crippen LogP contribution < -0.4 is 4.74 Å². The van der Waals surface area contributed by atoms with Crippen LogP contribution in [0.4, 0.5) is 8.78 Å². The molecule has 0 heterocycles. The second-order valence-electron chi connectivity index (χ2n) is 2.87. The second-order valence-corrected chi connectivity index (χ2v) is 3.25. The van der Waals surface area contributed by atoms with Gasteiger partial charge >= 0.3 is 0 Å². The molecule has 1 rings (SSSR count). The molecule has 0 unspecified atom stereocenters. The lowest BCUT2D eigenvalue weighted by Crippen LogP contribution is -2.06. The van der Waals surface area contributed by atoms with Gasteiger partial charge in [-0.05, 0) is 13.8 Å². The maximum atomic E-state index is 12.8. The van der Waals surface area contributed by atoms with Gasteiger partial charge in [0.1, 0.15) is 22.4 Å². The van der Waals surface area contributed by atoms with Crippen LogP contribution in [-0.4, -0.2) is 6.10 Å². The molecular formula is C9H9ClF2O. The highest BCUT2D eigenvalue weighted by Gasteiger charge is 2.09. The molecule has 0 atom stereocenters. The van der Waals surface area contributed by atoms with Gasteiger partial charge in [-0.25, -0.2) is 8.78 Å². The normalized spacial score (nSPS) is 10.6. The summed E-state index contributed by atoms with van der Waals surface area (Å²) in [5.41, 5.74) is 0. The fourth-order valence-corrected chi connectivity index (χ4v) is 0.982. The Labute approximate surface area is 80.3 Å². The Kier molecular flexibility index (Phi) is 3.09. The van der Waals surface area contributed by atoms with Crippen molar-refractivity contribution in [2.75, 3.05) is 0 Å². The van der Waals surface area contributed by atoms with E-state index in [2.05, 4.69) is 0 Å². The smallest absolute Gasteiger partial charge is 0.148 e. The SMILES string of the molecule is CC(C)Oc1cc(F)c(Cl)c(F)c1. The number of ether oxygens (including phenoxy) is 1. The van der Waals surface area contributed by atoms with E-state index in [0.717, 1.165) is 12.1 Å². The quantitative estimate of drug-likeness (QED) is 0.674. The summed E-state index contributed by atoms with van der Waals surface area (Å²) in [6, 6.07) is 2.12. The van der Waals surface area contributed by atoms with E-state index in [4.69, 9.17) is 16.3 Å². The van der Waals surface area contributed by atoms with Crippen molar-refractivity contribution < 1.29 is 13.5 Å². The summed E-state index contributed by atoms with van der Waals surface area (Å²) in [5.74, 6) is -1.47. The monoisotopic (exact) mass is 206 g/mol. The molecule has 0 aromatic heterocycles. The molecule has 1 aromatic rings. The molecule has 0 N–H and O–H groups in total. The van der Waals surface area contributed by atoms with E-state index in [9.17, 15) is 8.78 Å². The second kappa shape index (κ2) is 3.92. The number of halogens is 3. The van der Waals surface area contributed by atoms with E-state index in [1.165, 1.54) is 0 Å². The van der Waals surface area contributed by atoms with Gasteiger partial charge in [0.15, 0.2) is 0 Å². The maximum absolute atomic E-state index is 12.8. The van der Waals surface area contributed by atoms with Crippen molar-refractivity contribution in [1.82, 2.24) is 0 Å². The summed E-state index contributed by atoms with van der Waals surface area (Å²) in [5, 5.41) is -0.504. The highest BCUT2D eigenvalue weighted by Crippen LogP contribution is 2.24. The Morgan fingerprint density at radius 2 is 1.69 bits per heavy atom. The van der Waals surface area contributed by atoms with Crippen LogP contribution in [-0.2, 0) is 0 Å². The summed E-state index contributed by atoms with van der Waals surface area (Å²) in [4.78, 5) is 0. The van der Waals surface area contributed by atoms with Crippen molar-refractivity contribution in [3.8, 4) is 5.75 Å². The lowest BCUT2D eigenvalue weighted by Gasteiger charge is -2.09. The molecule has 0 spiro atoms. The van der Waals surface area contributed by atoms with E-state index in [0.29, 0.717) is 0 Å². The van der Waals surface area contributed by atoms with Crippen LogP contribution in [0.5, 0.6) is 5.75 Å². The van der Waals surface area contributed by atoms with Crippen LogP contribution in [0.1, 0.15) is 13.8 Å². The maximum Gasteiger partial charge on any atom is 0.148 e. The van der Waals surface area contributed by atoms with Gasteiger partial charge in [-0.2, -0.15) is 0 Å². The van der Waals surface area contributed by atoms with Gasteiger partial charge in [0.2, 0.25) is 0 Å². The van der Waals surface area contributed by atoms with Gasteiger partial charge in [0.05, 0.1) is 6.10 Å². The van der Waals surface area contributed by atoms with Crippen LogP contribution >= 0.6 is 11.6 Å². The topological polar surface area (TPSA) is 9.23 Å². The highest BCUT2D eigenvalue weighted by atomic mass is 35.5. The summed E-state index contributed by atoms with van der Waals surface area (Å²) >= 11 is 5.28. The number of hydrogen-bond acceptors (Lipinski definition) is 1. The minimum Gasteiger partial charge on any atom is -0.491 e. The van der Waals surface area contributed by atoms with E-state index >= 15 is 0 Å². The van der Waals surface area contributed by atoms with Gasteiger partial charge in [-0.15, -0.1) is 0 Å². The van der Waals surface area contributed by atoms with Crippen LogP contribution in [0.25, 0.3) is 0 Å². The minimum absolute atomic E-state index is 0.125. The number of rotatable bonds is 2. The minimum atomic E-state index is -0.808. The van der Waals surface area contributed by atoms with Gasteiger partial charge in [0.25, 0.3) is 0 Å². The highest BCUT2D eigenvalue weighted by molar-refractivity contribution is 6.30. The summed E-state index contributed by atoms with van der Waals surface area (Å²) in [6.45, 7) is 3.54. The molecule has 0 amide bonds. The van der Waals surface area contributed by atoms with E-state index in [-0.39, 0.29) is 11.9 Å². The molecule has 1 aromatic carbocycles. The fraction of sp³-hybridized carbons (Fsp3) is 0.333. The molecule has 0 bridgehead atoms. The zero-order valence-corrected chi connectivity index (χ0v) is 8.03. The average molecular weight is 207 g/mol. The Hall–Kier alpha value is -0.830. The number of benzene rings is 1. The molecule has 0 aliphatic heterocycles. The third-order valence-corrected chi connectivity index (χ3v) is 1.69. The summed E-state index contributed by atoms with van der Waals surface area (Å²) in [6.07, 6.45) is -0.125. The van der Waals surface area contributed by atoms with Gasteiger partial charge in [-0.1, -0.05) is 11.6 Å². The zero-order chi connectivity index (χ0) is 10.0. The first kappa shape index (κ1) is 10.3. The number of hydrogen-bond donors (Lipinski definition) is 0. The molecule has 13 heavy (non-hydrogen) atoms. The molecule has 72 valence electrons. The van der Waals surface area contributed by atoms with Crippen molar-refractivity contribution >= 4 is 11.6 Å². The lowest BCUT2D eigenvalue weighted by molar-refractivity contribution is 0.240. The van der Waals surface area contributed by atoms with Crippen LogP contribution in [0.3, 0.4) is 0 Å². The summed E-state index contributed by atoms with van der Waals surface area (Å²) in [7, 11) is 0. The van der Waals surface area contributed by atoms with Gasteiger partial charge in [-0.3, -0.25) is 0 Å². The van der Waals surface area contributed by atoms with E-state index < -0.39 is 16.7 Å². The van der Waals surface area contributed by atoms with Crippen LogP contribution in [0.2, 0.25) is 5.02 Å². The molecule has 0 aliphatic rings. The standard InChI is InChI=1S/C9H9ClF2O/c1-5(2)13-6-3-7(11)9(10)8(12)4-6/h3-5H,1-2H3. The Morgan fingerprint density at radius 1 is 1.23 bits per heavy atom. The molecule has 0 saturated carbocycles. The molecule has 0 saturated heterocycles. The van der Waals surface area contributed by atoms with Crippen molar-refractivity contribution in [3.63, 3.8) is 0 Å². The van der Waals surface area contributed by atoms with Crippen molar-refractivity contribution in [3.05, 3.63) is 28.8 Å². The predicted molar refractivity (Wildman–Crippen MR) is 47.1 cm³/mol. The third-order valence-electron chi connectivity index (χ3n) is 1.33. The molecule has 0 aliphatic carbocycles. The van der Waals surface area contributed by atoms with Crippen molar-refractivity contribution in [1.29, 1.82) is 0 Å².